The van der Waals surface area contributed by atoms with E-state index in [4.69, 9.17) is 0 Å². The van der Waals surface area contributed by atoms with Crippen molar-refractivity contribution in [2.75, 3.05) is 0 Å². The summed E-state index contributed by atoms with van der Waals surface area (Å²) in [5.74, 6) is 0.0370. The Kier molecular flexibility index (Phi) is 3.85. The van der Waals surface area contributed by atoms with Crippen LogP contribution in [0.4, 0.5) is 0 Å². The fraction of sp³-hybridized carbons (Fsp3) is 0.286. The molecule has 0 aliphatic carbocycles. The summed E-state index contributed by atoms with van der Waals surface area (Å²) in [6, 6.07) is 13.9. The molecule has 1 aliphatic heterocycles. The van der Waals surface area contributed by atoms with Gasteiger partial charge < -0.3 is 5.32 Å². The summed E-state index contributed by atoms with van der Waals surface area (Å²) in [6.45, 7) is 8.60. The van der Waals surface area contributed by atoms with Crippen LogP contribution in [0.2, 0.25) is 0 Å². The van der Waals surface area contributed by atoms with Gasteiger partial charge in [-0.05, 0) is 56.9 Å². The zero-order valence-electron chi connectivity index (χ0n) is 14.2. The third kappa shape index (κ3) is 3.21. The molecule has 1 heterocycles. The van der Waals surface area contributed by atoms with Gasteiger partial charge in [-0.3, -0.25) is 4.79 Å². The second-order valence-electron chi connectivity index (χ2n) is 7.07. The van der Waals surface area contributed by atoms with Gasteiger partial charge in [0.1, 0.15) is 0 Å². The van der Waals surface area contributed by atoms with Crippen LogP contribution in [0.1, 0.15) is 46.5 Å². The first-order valence-corrected chi connectivity index (χ1v) is 8.05. The normalized spacial score (nSPS) is 17.5. The maximum atomic E-state index is 12.6. The molecule has 0 aromatic heterocycles. The number of rotatable bonds is 2. The number of nitrogens with one attached hydrogen (secondary N) is 1. The highest BCUT2D eigenvalue weighted by molar-refractivity contribution is 6.08. The lowest BCUT2D eigenvalue weighted by Crippen LogP contribution is -2.44. The molecular formula is C21H23NO. The Morgan fingerprint density at radius 2 is 1.74 bits per heavy atom. The van der Waals surface area contributed by atoms with Crippen molar-refractivity contribution in [2.45, 2.75) is 39.7 Å². The fourth-order valence-electron chi connectivity index (χ4n) is 3.16. The number of fused-ring (bicyclic) bond motifs is 1. The topological polar surface area (TPSA) is 29.1 Å². The summed E-state index contributed by atoms with van der Waals surface area (Å²) in [5.41, 5.74) is 6.60. The molecule has 0 atom stereocenters. The molecule has 0 bridgehead atoms. The van der Waals surface area contributed by atoms with Crippen molar-refractivity contribution in [3.63, 3.8) is 0 Å². The van der Waals surface area contributed by atoms with Gasteiger partial charge in [-0.2, -0.15) is 0 Å². The Morgan fingerprint density at radius 3 is 2.43 bits per heavy atom. The van der Waals surface area contributed by atoms with Gasteiger partial charge in [0.2, 0.25) is 0 Å². The van der Waals surface area contributed by atoms with E-state index in [0.29, 0.717) is 0 Å². The number of hydrogen-bond acceptors (Lipinski definition) is 2. The number of allylic oxidation sites excluding steroid dienone is 1. The second-order valence-corrected chi connectivity index (χ2v) is 7.07. The first kappa shape index (κ1) is 15.5. The minimum Gasteiger partial charge on any atom is -0.379 e. The number of hydrogen-bond donors (Lipinski definition) is 1. The molecule has 0 amide bonds. The molecule has 0 unspecified atom stereocenters. The SMILES string of the molecule is Cc1cc2c(cc1C)/C(=C\C(=O)c1ccccc1)NC(C)(C)C2. The van der Waals surface area contributed by atoms with Gasteiger partial charge in [0, 0.05) is 28.4 Å². The molecule has 2 aromatic rings. The van der Waals surface area contributed by atoms with Crippen LogP contribution in [0.3, 0.4) is 0 Å². The highest BCUT2D eigenvalue weighted by Crippen LogP contribution is 2.31. The molecule has 1 aliphatic rings. The van der Waals surface area contributed by atoms with Crippen LogP contribution >= 0.6 is 0 Å². The van der Waals surface area contributed by atoms with Crippen molar-refractivity contribution in [3.8, 4) is 0 Å². The number of aryl methyl sites for hydroxylation is 2. The predicted octanol–water partition coefficient (Wildman–Crippen LogP) is 4.45. The molecule has 118 valence electrons. The van der Waals surface area contributed by atoms with Gasteiger partial charge in [-0.25, -0.2) is 0 Å². The zero-order valence-corrected chi connectivity index (χ0v) is 14.2. The predicted molar refractivity (Wildman–Crippen MR) is 95.6 cm³/mol. The van der Waals surface area contributed by atoms with E-state index in [1.165, 1.54) is 16.7 Å². The molecule has 2 aromatic carbocycles. The summed E-state index contributed by atoms with van der Waals surface area (Å²) >= 11 is 0. The smallest absolute Gasteiger partial charge is 0.187 e. The monoisotopic (exact) mass is 305 g/mol. The second kappa shape index (κ2) is 5.69. The van der Waals surface area contributed by atoms with Crippen molar-refractivity contribution in [2.24, 2.45) is 0 Å². The lowest BCUT2D eigenvalue weighted by Gasteiger charge is -2.36. The maximum absolute atomic E-state index is 12.6. The van der Waals surface area contributed by atoms with E-state index in [9.17, 15) is 4.79 Å². The van der Waals surface area contributed by atoms with Crippen LogP contribution in [-0.4, -0.2) is 11.3 Å². The summed E-state index contributed by atoms with van der Waals surface area (Å²) in [5, 5.41) is 3.54. The van der Waals surface area contributed by atoms with Gasteiger partial charge in [-0.1, -0.05) is 36.4 Å². The van der Waals surface area contributed by atoms with E-state index < -0.39 is 0 Å². The summed E-state index contributed by atoms with van der Waals surface area (Å²) < 4.78 is 0. The Hall–Kier alpha value is -2.35. The van der Waals surface area contributed by atoms with Crippen molar-refractivity contribution in [1.82, 2.24) is 5.32 Å². The van der Waals surface area contributed by atoms with E-state index in [-0.39, 0.29) is 11.3 Å². The molecule has 0 saturated heterocycles. The largest absolute Gasteiger partial charge is 0.379 e. The van der Waals surface area contributed by atoms with E-state index in [1.54, 1.807) is 6.08 Å². The number of carbonyl (C=O) groups is 1. The number of benzene rings is 2. The van der Waals surface area contributed by atoms with Gasteiger partial charge >= 0.3 is 0 Å². The molecule has 1 N–H and O–H groups in total. The standard InChI is InChI=1S/C21H23NO/c1-14-10-17-13-21(3,4)22-19(18(17)11-15(14)2)12-20(23)16-8-6-5-7-9-16/h5-12,22H,13H2,1-4H3/b19-12+. The third-order valence-corrected chi connectivity index (χ3v) is 4.45. The summed E-state index contributed by atoms with van der Waals surface area (Å²) in [6.07, 6.45) is 2.70. The molecule has 0 spiro atoms. The number of carbonyl (C=O) groups excluding carboxylic acids is 1. The maximum Gasteiger partial charge on any atom is 0.187 e. The molecule has 23 heavy (non-hydrogen) atoms. The molecule has 0 saturated carbocycles. The van der Waals surface area contributed by atoms with E-state index in [0.717, 1.165) is 23.2 Å². The minimum absolute atomic E-state index is 0.0370. The van der Waals surface area contributed by atoms with Gasteiger partial charge in [0.05, 0.1) is 0 Å². The third-order valence-electron chi connectivity index (χ3n) is 4.45. The van der Waals surface area contributed by atoms with Gasteiger partial charge in [-0.15, -0.1) is 0 Å². The molecule has 3 rings (SSSR count). The van der Waals surface area contributed by atoms with Crippen molar-refractivity contribution < 1.29 is 4.79 Å². The quantitative estimate of drug-likeness (QED) is 0.656. The highest BCUT2D eigenvalue weighted by Gasteiger charge is 2.28. The van der Waals surface area contributed by atoms with Crippen molar-refractivity contribution in [1.29, 1.82) is 0 Å². The van der Waals surface area contributed by atoms with Crippen LogP contribution in [0, 0.1) is 13.8 Å². The first-order valence-electron chi connectivity index (χ1n) is 8.05. The Morgan fingerprint density at radius 1 is 1.09 bits per heavy atom. The van der Waals surface area contributed by atoms with Crippen LogP contribution < -0.4 is 5.32 Å². The van der Waals surface area contributed by atoms with Gasteiger partial charge in [0.25, 0.3) is 0 Å². The molecule has 0 fully saturated rings. The fourth-order valence-corrected chi connectivity index (χ4v) is 3.16. The highest BCUT2D eigenvalue weighted by atomic mass is 16.1. The average Bonchev–Trinajstić information content (AvgIpc) is 2.49. The zero-order chi connectivity index (χ0) is 16.6. The molecule has 0 radical (unpaired) electrons. The van der Waals surface area contributed by atoms with Crippen LogP contribution in [0.15, 0.2) is 48.5 Å². The van der Waals surface area contributed by atoms with E-state index in [2.05, 4.69) is 45.1 Å². The van der Waals surface area contributed by atoms with Crippen LogP contribution in [-0.2, 0) is 6.42 Å². The Bertz CT molecular complexity index is 785. The number of ketones is 1. The molecular weight excluding hydrogens is 282 g/mol. The summed E-state index contributed by atoms with van der Waals surface area (Å²) in [4.78, 5) is 12.6. The average molecular weight is 305 g/mol. The van der Waals surface area contributed by atoms with E-state index in [1.807, 2.05) is 30.3 Å². The lowest BCUT2D eigenvalue weighted by molar-refractivity contribution is 0.104. The van der Waals surface area contributed by atoms with Gasteiger partial charge in [0.15, 0.2) is 5.78 Å². The molecule has 2 heteroatoms. The molecule has 2 nitrogen and oxygen atoms in total. The van der Waals surface area contributed by atoms with E-state index >= 15 is 0 Å². The van der Waals surface area contributed by atoms with Crippen LogP contribution in [0.5, 0.6) is 0 Å². The van der Waals surface area contributed by atoms with Crippen LogP contribution in [0.25, 0.3) is 5.70 Å². The first-order chi connectivity index (χ1) is 10.9. The minimum atomic E-state index is -0.0580. The Labute approximate surface area is 138 Å². The Balaban J connectivity index is 2.07. The van der Waals surface area contributed by atoms with Crippen molar-refractivity contribution in [3.05, 3.63) is 76.4 Å². The van der Waals surface area contributed by atoms with Crippen molar-refractivity contribution >= 4 is 11.5 Å². The summed E-state index contributed by atoms with van der Waals surface area (Å²) in [7, 11) is 0. The lowest BCUT2D eigenvalue weighted by atomic mass is 9.83.